The minimum atomic E-state index is -1.67. The number of ketones is 2. The third-order valence-corrected chi connectivity index (χ3v) is 9.50. The van der Waals surface area contributed by atoms with E-state index >= 15 is 0 Å². The van der Waals surface area contributed by atoms with Gasteiger partial charge in [-0.05, 0) is 30.9 Å². The van der Waals surface area contributed by atoms with Crippen molar-refractivity contribution in [3.8, 4) is 11.1 Å². The second-order valence-electron chi connectivity index (χ2n) is 10.8. The Morgan fingerprint density at radius 2 is 2.06 bits per heavy atom. The summed E-state index contributed by atoms with van der Waals surface area (Å²) >= 11 is 0. The number of esters is 1. The number of carbonyl (C=O) groups excluding carboxylic acids is 3. The molecule has 0 aromatic carbocycles. The number of aryl methyl sites for hydroxylation is 1. The molecule has 3 heterocycles. The first-order chi connectivity index (χ1) is 15.6. The first kappa shape index (κ1) is 21.1. The van der Waals surface area contributed by atoms with Crippen LogP contribution in [0.3, 0.4) is 0 Å². The number of carbonyl (C=O) groups is 3. The maximum absolute atomic E-state index is 14.3. The van der Waals surface area contributed by atoms with Gasteiger partial charge in [-0.3, -0.25) is 14.5 Å². The molecule has 0 saturated carbocycles. The largest absolute Gasteiger partial charge is 0.469 e. The zero-order valence-corrected chi connectivity index (χ0v) is 19.5. The van der Waals surface area contributed by atoms with Crippen molar-refractivity contribution >= 4 is 17.5 Å². The summed E-state index contributed by atoms with van der Waals surface area (Å²) < 4.78 is 11.1. The first-order valence-corrected chi connectivity index (χ1v) is 11.8. The van der Waals surface area contributed by atoms with Gasteiger partial charge in [-0.2, -0.15) is 0 Å². The Bertz CT molecular complexity index is 1210. The maximum Gasteiger partial charge on any atom is 0.339 e. The number of nitrogens with zero attached hydrogens (tertiary/aromatic N) is 1. The van der Waals surface area contributed by atoms with Crippen molar-refractivity contribution in [3.63, 3.8) is 0 Å². The minimum Gasteiger partial charge on any atom is -0.469 e. The smallest absolute Gasteiger partial charge is 0.339 e. The summed E-state index contributed by atoms with van der Waals surface area (Å²) in [6, 6.07) is 1.73. The maximum atomic E-state index is 14.3. The molecule has 7 heteroatoms. The van der Waals surface area contributed by atoms with Crippen molar-refractivity contribution in [1.29, 1.82) is 0 Å². The number of methoxy groups -OCH3 is 1. The molecular weight excluding hydrogens is 422 g/mol. The fourth-order valence-corrected chi connectivity index (χ4v) is 7.98. The van der Waals surface area contributed by atoms with Gasteiger partial charge in [0.05, 0.1) is 18.9 Å². The molecule has 33 heavy (non-hydrogen) atoms. The lowest BCUT2D eigenvalue weighted by molar-refractivity contribution is -0.129. The second-order valence-corrected chi connectivity index (χ2v) is 10.8. The summed E-state index contributed by atoms with van der Waals surface area (Å²) in [5, 5.41) is 12.0. The fraction of sp³-hybridized carbons (Fsp3) is 0.577. The van der Waals surface area contributed by atoms with Gasteiger partial charge in [0, 0.05) is 65.9 Å². The number of aliphatic hydroxyl groups is 1. The van der Waals surface area contributed by atoms with E-state index in [-0.39, 0.29) is 41.6 Å². The molecule has 1 N–H and O–H groups in total. The summed E-state index contributed by atoms with van der Waals surface area (Å²) in [7, 11) is 1.31. The van der Waals surface area contributed by atoms with Gasteiger partial charge in [0.2, 0.25) is 0 Å². The standard InChI is InChI=1S/C26H29NO6/c1-13-10-27-11-15-5-6-17-18-16(7-8-33-17)19(23(30)32-4)20-21(18)24(15,3)25(27,9-14(2)28)12-26(13,31)22(20)29/h7-8,13,15,31H,5-6,9-12H2,1-4H3/t13-,15-,24+,25?,26+/m1/s1. The van der Waals surface area contributed by atoms with Crippen molar-refractivity contribution in [2.24, 2.45) is 11.8 Å². The van der Waals surface area contributed by atoms with E-state index in [1.54, 1.807) is 19.3 Å². The predicted molar refractivity (Wildman–Crippen MR) is 118 cm³/mol. The van der Waals surface area contributed by atoms with Crippen molar-refractivity contribution in [1.82, 2.24) is 4.90 Å². The molecular formula is C26H29NO6. The van der Waals surface area contributed by atoms with E-state index in [1.165, 1.54) is 7.11 Å². The molecule has 0 radical (unpaired) electrons. The molecule has 0 aromatic rings. The molecule has 2 fully saturated rings. The Balaban J connectivity index is 1.82. The van der Waals surface area contributed by atoms with Gasteiger partial charge in [-0.15, -0.1) is 0 Å². The highest BCUT2D eigenvalue weighted by atomic mass is 16.5. The van der Waals surface area contributed by atoms with Crippen LogP contribution in [0, 0.1) is 11.8 Å². The molecule has 3 aliphatic carbocycles. The lowest BCUT2D eigenvalue weighted by Gasteiger charge is -2.55. The molecule has 6 rings (SSSR count). The number of fused-ring (bicyclic) bond motifs is 1. The van der Waals surface area contributed by atoms with Crippen molar-refractivity contribution < 1.29 is 28.6 Å². The number of piperidine rings is 1. The van der Waals surface area contributed by atoms with Crippen LogP contribution in [0.1, 0.15) is 72.1 Å². The molecule has 2 saturated heterocycles. The molecule has 5 atom stereocenters. The van der Waals surface area contributed by atoms with Crippen molar-refractivity contribution in [2.75, 3.05) is 20.2 Å². The van der Waals surface area contributed by atoms with Crippen LogP contribution in [0.5, 0.6) is 0 Å². The van der Waals surface area contributed by atoms with Crippen LogP contribution in [0.4, 0.5) is 0 Å². The molecule has 0 amide bonds. The average molecular weight is 452 g/mol. The molecule has 0 spiro atoms. The van der Waals surface area contributed by atoms with E-state index in [0.29, 0.717) is 18.5 Å². The van der Waals surface area contributed by atoms with Gasteiger partial charge in [-0.25, -0.2) is 4.79 Å². The van der Waals surface area contributed by atoms with E-state index in [9.17, 15) is 19.5 Å². The first-order valence-electron chi connectivity index (χ1n) is 11.8. The van der Waals surface area contributed by atoms with Crippen LogP contribution in [0.2, 0.25) is 0 Å². The zero-order valence-electron chi connectivity index (χ0n) is 19.5. The Morgan fingerprint density at radius 1 is 1.30 bits per heavy atom. The van der Waals surface area contributed by atoms with Crippen molar-refractivity contribution in [2.45, 2.75) is 63.0 Å². The average Bonchev–Trinajstić information content (AvgIpc) is 3.16. The third kappa shape index (κ3) is 2.21. The Hall–Kier alpha value is -2.51. The van der Waals surface area contributed by atoms with Gasteiger partial charge in [0.15, 0.2) is 5.78 Å². The number of ether oxygens (including phenoxy) is 1. The van der Waals surface area contributed by atoms with Crippen LogP contribution in [0.25, 0.3) is 11.1 Å². The van der Waals surface area contributed by atoms with Crippen molar-refractivity contribution in [3.05, 3.63) is 34.8 Å². The van der Waals surface area contributed by atoms with Gasteiger partial charge in [0.1, 0.15) is 17.1 Å². The Kier molecular flexibility index (Phi) is 4.04. The highest BCUT2D eigenvalue weighted by Gasteiger charge is 2.72. The summed E-state index contributed by atoms with van der Waals surface area (Å²) in [6.45, 7) is 6.95. The molecule has 6 aliphatic rings. The molecule has 174 valence electrons. The normalized spacial score (nSPS) is 36.7. The molecule has 7 nitrogen and oxygen atoms in total. The summed E-state index contributed by atoms with van der Waals surface area (Å²) in [6.07, 6.45) is 3.53. The highest BCUT2D eigenvalue weighted by molar-refractivity contribution is 6.18. The van der Waals surface area contributed by atoms with Crippen LogP contribution in [-0.2, 0) is 21.4 Å². The quantitative estimate of drug-likeness (QED) is 0.717. The van der Waals surface area contributed by atoms with Crippen LogP contribution < -0.4 is 0 Å². The van der Waals surface area contributed by atoms with Gasteiger partial charge < -0.3 is 14.3 Å². The molecule has 0 aromatic heterocycles. The Labute approximate surface area is 192 Å². The lowest BCUT2D eigenvalue weighted by atomic mass is 9.57. The lowest BCUT2D eigenvalue weighted by Crippen LogP contribution is -2.67. The predicted octanol–water partition coefficient (Wildman–Crippen LogP) is 2.99. The van der Waals surface area contributed by atoms with E-state index in [0.717, 1.165) is 29.9 Å². The second kappa shape index (κ2) is 6.33. The summed E-state index contributed by atoms with van der Waals surface area (Å²) in [5.74, 6) is -0.416. The number of Topliss-reactive ketones (excluding diaryl/α,β-unsaturated/α-hetero) is 2. The number of hydrogen-bond donors (Lipinski definition) is 1. The van der Waals surface area contributed by atoms with Crippen LogP contribution >= 0.6 is 0 Å². The Morgan fingerprint density at radius 3 is 2.76 bits per heavy atom. The molecule has 3 aliphatic heterocycles. The van der Waals surface area contributed by atoms with Crippen LogP contribution in [-0.4, -0.2) is 58.9 Å². The van der Waals surface area contributed by atoms with Gasteiger partial charge in [-0.1, -0.05) is 13.8 Å². The molecule has 2 bridgehead atoms. The van der Waals surface area contributed by atoms with E-state index < -0.39 is 28.3 Å². The highest BCUT2D eigenvalue weighted by Crippen LogP contribution is 2.66. The van der Waals surface area contributed by atoms with E-state index in [4.69, 9.17) is 9.15 Å². The summed E-state index contributed by atoms with van der Waals surface area (Å²) in [4.78, 5) is 42.5. The molecule has 1 unspecified atom stereocenters. The van der Waals surface area contributed by atoms with E-state index in [2.05, 4.69) is 11.8 Å². The summed E-state index contributed by atoms with van der Waals surface area (Å²) in [5.41, 5.74) is -0.293. The van der Waals surface area contributed by atoms with Gasteiger partial charge >= 0.3 is 5.97 Å². The fourth-order valence-electron chi connectivity index (χ4n) is 7.98. The number of rotatable bonds is 3. The SMILES string of the molecule is COC(=O)c1c2ccoc3c-2c2c1C(=O)[C@]1(O)CC4(CC(C)=O)N(C[C@@H](CC3)[C@@]24C)C[C@H]1C. The monoisotopic (exact) mass is 451 g/mol. The van der Waals surface area contributed by atoms with E-state index in [1.807, 2.05) is 6.92 Å². The third-order valence-electron chi connectivity index (χ3n) is 9.50. The van der Waals surface area contributed by atoms with Gasteiger partial charge in [0.25, 0.3) is 0 Å². The number of hydrogen-bond acceptors (Lipinski definition) is 7. The zero-order chi connectivity index (χ0) is 23.5. The van der Waals surface area contributed by atoms with Crippen LogP contribution in [0.15, 0.2) is 16.7 Å². The minimum absolute atomic E-state index is 0.0351. The topological polar surface area (TPSA) is 97.0 Å².